The Balaban J connectivity index is 6.05. The number of carbonyl (C=O) groups is 2. The minimum atomic E-state index is -6.38. The summed E-state index contributed by atoms with van der Waals surface area (Å²) in [7, 11) is -6.38. The minimum absolute atomic E-state index is 0.0538. The third-order valence-electron chi connectivity index (χ3n) is 2.24. The van der Waals surface area contributed by atoms with Crippen LogP contribution in [0.2, 0.25) is 0 Å². The molecule has 0 radical (unpaired) electrons. The second kappa shape index (κ2) is 7.93. The van der Waals surface area contributed by atoms with Gasteiger partial charge in [0.25, 0.3) is 0 Å². The largest absolute Gasteiger partial charge is 0.468 e. The van der Waals surface area contributed by atoms with E-state index in [1.807, 2.05) is 0 Å². The molecule has 17 heteroatoms. The molecule has 0 spiro atoms. The van der Waals surface area contributed by atoms with Crippen LogP contribution in [-0.2, 0) is 33.9 Å². The summed E-state index contributed by atoms with van der Waals surface area (Å²) >= 11 is 0. The van der Waals surface area contributed by atoms with Gasteiger partial charge in [-0.15, -0.1) is 0 Å². The van der Waals surface area contributed by atoms with Crippen molar-refractivity contribution < 1.29 is 71.9 Å². The lowest BCUT2D eigenvalue weighted by Gasteiger charge is -2.32. The molecule has 0 amide bonds. The van der Waals surface area contributed by atoms with Gasteiger partial charge in [-0.2, -0.15) is 43.5 Å². The standard InChI is InChI=1S/C10H8F8O8S/c1-2-5(19)26-9(10(16,17)18,6(20)24-3-7(11,12)13)25-4-8(14,15)27(21,22)23/h2H,1,3-4H2,(H,21,22,23). The molecule has 1 N–H and O–H groups in total. The zero-order valence-corrected chi connectivity index (χ0v) is 13.3. The molecule has 1 atom stereocenters. The maximum absolute atomic E-state index is 13.1. The highest BCUT2D eigenvalue weighted by Gasteiger charge is 2.69. The maximum Gasteiger partial charge on any atom is 0.468 e. The predicted octanol–water partition coefficient (Wildman–Crippen LogP) is 1.58. The van der Waals surface area contributed by atoms with Crippen molar-refractivity contribution >= 4 is 22.1 Å². The van der Waals surface area contributed by atoms with Gasteiger partial charge in [-0.1, -0.05) is 6.58 Å². The van der Waals surface area contributed by atoms with E-state index in [4.69, 9.17) is 4.55 Å². The van der Waals surface area contributed by atoms with E-state index >= 15 is 0 Å². The molecule has 0 aromatic heterocycles. The van der Waals surface area contributed by atoms with E-state index in [-0.39, 0.29) is 6.08 Å². The number of ether oxygens (including phenoxy) is 3. The monoisotopic (exact) mass is 440 g/mol. The first-order chi connectivity index (χ1) is 11.8. The lowest BCUT2D eigenvalue weighted by Crippen LogP contribution is -2.59. The van der Waals surface area contributed by atoms with Crippen LogP contribution in [0.15, 0.2) is 12.7 Å². The summed E-state index contributed by atoms with van der Waals surface area (Å²) < 4.78 is 141. The van der Waals surface area contributed by atoms with E-state index in [1.165, 1.54) is 0 Å². The van der Waals surface area contributed by atoms with Crippen LogP contribution in [0.4, 0.5) is 35.1 Å². The Morgan fingerprint density at radius 1 is 1.00 bits per heavy atom. The number of hydrogen-bond acceptors (Lipinski definition) is 7. The molecule has 27 heavy (non-hydrogen) atoms. The van der Waals surface area contributed by atoms with Crippen LogP contribution in [0.25, 0.3) is 0 Å². The number of carbonyl (C=O) groups excluding carboxylic acids is 2. The van der Waals surface area contributed by atoms with E-state index in [9.17, 15) is 53.1 Å². The van der Waals surface area contributed by atoms with Crippen LogP contribution in [-0.4, -0.2) is 61.5 Å². The van der Waals surface area contributed by atoms with Crippen molar-refractivity contribution in [1.82, 2.24) is 0 Å². The molecule has 0 aliphatic carbocycles. The Labute approximate surface area is 144 Å². The fourth-order valence-corrected chi connectivity index (χ4v) is 1.28. The molecule has 0 bridgehead atoms. The van der Waals surface area contributed by atoms with Crippen molar-refractivity contribution in [2.45, 2.75) is 23.4 Å². The van der Waals surface area contributed by atoms with Crippen LogP contribution in [0.3, 0.4) is 0 Å². The lowest BCUT2D eigenvalue weighted by molar-refractivity contribution is -0.361. The number of rotatable bonds is 8. The lowest BCUT2D eigenvalue weighted by atomic mass is 10.2. The van der Waals surface area contributed by atoms with Crippen molar-refractivity contribution in [2.24, 2.45) is 0 Å². The topological polar surface area (TPSA) is 116 Å². The molecular weight excluding hydrogens is 432 g/mol. The summed E-state index contributed by atoms with van der Waals surface area (Å²) in [5.74, 6) is -10.6. The van der Waals surface area contributed by atoms with Crippen LogP contribution in [0.1, 0.15) is 0 Å². The van der Waals surface area contributed by atoms with Crippen molar-refractivity contribution in [3.63, 3.8) is 0 Å². The van der Waals surface area contributed by atoms with Crippen molar-refractivity contribution in [3.8, 4) is 0 Å². The van der Waals surface area contributed by atoms with Crippen LogP contribution in [0.5, 0.6) is 0 Å². The Morgan fingerprint density at radius 3 is 1.81 bits per heavy atom. The average Bonchev–Trinajstić information content (AvgIpc) is 2.45. The smallest absolute Gasteiger partial charge is 0.451 e. The SMILES string of the molecule is C=CC(=O)OC(OCC(F)(F)S(=O)(=O)O)(C(=O)OCC(F)(F)F)C(F)(F)F. The highest BCUT2D eigenvalue weighted by molar-refractivity contribution is 7.86. The molecule has 0 saturated heterocycles. The molecular formula is C10H8F8O8S. The maximum atomic E-state index is 13.1. The zero-order chi connectivity index (χ0) is 21.9. The van der Waals surface area contributed by atoms with Crippen LogP contribution >= 0.6 is 0 Å². The van der Waals surface area contributed by atoms with Gasteiger partial charge in [0, 0.05) is 6.08 Å². The molecule has 0 heterocycles. The van der Waals surface area contributed by atoms with E-state index in [1.54, 1.807) is 0 Å². The predicted molar refractivity (Wildman–Crippen MR) is 64.5 cm³/mol. The fraction of sp³-hybridized carbons (Fsp3) is 0.600. The van der Waals surface area contributed by atoms with Gasteiger partial charge in [-0.3, -0.25) is 4.55 Å². The fourth-order valence-electron chi connectivity index (χ4n) is 1.07. The first kappa shape index (κ1) is 25.0. The second-order valence-electron chi connectivity index (χ2n) is 4.33. The van der Waals surface area contributed by atoms with Gasteiger partial charge in [0.05, 0.1) is 0 Å². The molecule has 0 aromatic rings. The Kier molecular flexibility index (Phi) is 7.34. The molecule has 0 aliphatic heterocycles. The molecule has 0 aromatic carbocycles. The number of alkyl halides is 8. The van der Waals surface area contributed by atoms with E-state index in [0.29, 0.717) is 0 Å². The average molecular weight is 440 g/mol. The van der Waals surface area contributed by atoms with E-state index < -0.39 is 58.7 Å². The van der Waals surface area contributed by atoms with Gasteiger partial charge in [0.2, 0.25) is 0 Å². The quantitative estimate of drug-likeness (QED) is 0.199. The number of halogens is 8. The number of esters is 2. The second-order valence-corrected chi connectivity index (χ2v) is 5.88. The minimum Gasteiger partial charge on any atom is -0.451 e. The summed E-state index contributed by atoms with van der Waals surface area (Å²) in [6, 6.07) is 0. The van der Waals surface area contributed by atoms with Gasteiger partial charge in [-0.05, 0) is 0 Å². The normalized spacial score (nSPS) is 15.6. The van der Waals surface area contributed by atoms with Crippen molar-refractivity contribution in [1.29, 1.82) is 0 Å². The van der Waals surface area contributed by atoms with E-state index in [2.05, 4.69) is 20.8 Å². The summed E-state index contributed by atoms with van der Waals surface area (Å²) in [6.07, 6.45) is -11.8. The summed E-state index contributed by atoms with van der Waals surface area (Å²) in [6.45, 7) is -3.03. The van der Waals surface area contributed by atoms with Gasteiger partial charge >= 0.3 is 45.5 Å². The molecule has 1 unspecified atom stereocenters. The molecule has 158 valence electrons. The first-order valence-corrected chi connectivity index (χ1v) is 7.38. The van der Waals surface area contributed by atoms with Crippen molar-refractivity contribution in [3.05, 3.63) is 12.7 Å². The molecule has 0 saturated carbocycles. The summed E-state index contributed by atoms with van der Waals surface area (Å²) in [5, 5.41) is -5.48. The Morgan fingerprint density at radius 2 is 1.48 bits per heavy atom. The van der Waals surface area contributed by atoms with Gasteiger partial charge in [-0.25, -0.2) is 9.59 Å². The summed E-state index contributed by atoms with van der Waals surface area (Å²) in [5.41, 5.74) is 0. The van der Waals surface area contributed by atoms with Gasteiger partial charge < -0.3 is 14.2 Å². The molecule has 0 fully saturated rings. The van der Waals surface area contributed by atoms with Gasteiger partial charge in [0.1, 0.15) is 6.61 Å². The third kappa shape index (κ3) is 6.58. The zero-order valence-electron chi connectivity index (χ0n) is 12.4. The molecule has 0 aliphatic rings. The van der Waals surface area contributed by atoms with Crippen LogP contribution in [0, 0.1) is 0 Å². The van der Waals surface area contributed by atoms with Crippen molar-refractivity contribution in [2.75, 3.05) is 13.2 Å². The van der Waals surface area contributed by atoms with Gasteiger partial charge in [0.15, 0.2) is 6.61 Å². The van der Waals surface area contributed by atoms with Crippen LogP contribution < -0.4 is 0 Å². The Bertz CT molecular complexity index is 682. The number of hydrogen-bond donors (Lipinski definition) is 1. The molecule has 0 rings (SSSR count). The highest BCUT2D eigenvalue weighted by atomic mass is 32.2. The first-order valence-electron chi connectivity index (χ1n) is 5.94. The molecule has 8 nitrogen and oxygen atoms in total. The highest BCUT2D eigenvalue weighted by Crippen LogP contribution is 2.38. The third-order valence-corrected chi connectivity index (χ3v) is 3.11. The summed E-state index contributed by atoms with van der Waals surface area (Å²) in [4.78, 5) is 22.4. The Hall–Kier alpha value is -2.01. The van der Waals surface area contributed by atoms with E-state index in [0.717, 1.165) is 0 Å².